The molecule has 0 bridgehead atoms. The van der Waals surface area contributed by atoms with E-state index in [1.165, 1.54) is 17.2 Å². The predicted octanol–water partition coefficient (Wildman–Crippen LogP) is 6.41. The first-order chi connectivity index (χ1) is 20.5. The first kappa shape index (κ1) is 29.2. The molecular formula is C34H31ClN4O2S. The first-order valence-electron chi connectivity index (χ1n) is 13.8. The second-order valence-corrected chi connectivity index (χ2v) is 10.7. The number of anilines is 1. The molecule has 0 saturated carbocycles. The van der Waals surface area contributed by atoms with Crippen LogP contribution in [0.1, 0.15) is 33.1 Å². The highest BCUT2D eigenvalue weighted by Gasteiger charge is 2.29. The smallest absolute Gasteiger partial charge is 0.256 e. The molecule has 1 fully saturated rings. The van der Waals surface area contributed by atoms with Crippen LogP contribution in [-0.4, -0.2) is 52.9 Å². The Labute approximate surface area is 256 Å². The monoisotopic (exact) mass is 594 g/mol. The number of nitrogens with zero attached hydrogens (tertiary/aromatic N) is 2. The van der Waals surface area contributed by atoms with Crippen molar-refractivity contribution in [3.63, 3.8) is 0 Å². The van der Waals surface area contributed by atoms with E-state index in [-0.39, 0.29) is 17.1 Å². The van der Waals surface area contributed by atoms with Crippen LogP contribution in [0.15, 0.2) is 115 Å². The Balaban J connectivity index is 1.22. The van der Waals surface area contributed by atoms with E-state index in [2.05, 4.69) is 64.1 Å². The van der Waals surface area contributed by atoms with Crippen molar-refractivity contribution in [2.45, 2.75) is 6.04 Å². The van der Waals surface area contributed by atoms with Crippen LogP contribution in [0.25, 0.3) is 6.08 Å². The molecule has 0 atom stereocenters. The van der Waals surface area contributed by atoms with E-state index in [1.54, 1.807) is 24.3 Å². The molecule has 4 aromatic rings. The van der Waals surface area contributed by atoms with Crippen molar-refractivity contribution in [1.29, 1.82) is 0 Å². The van der Waals surface area contributed by atoms with E-state index in [1.807, 2.05) is 47.4 Å². The van der Waals surface area contributed by atoms with Crippen molar-refractivity contribution in [3.05, 3.63) is 143 Å². The van der Waals surface area contributed by atoms with E-state index in [0.717, 1.165) is 18.7 Å². The molecule has 4 aromatic carbocycles. The Morgan fingerprint density at radius 3 is 1.98 bits per heavy atom. The van der Waals surface area contributed by atoms with Gasteiger partial charge in [-0.3, -0.25) is 19.8 Å². The van der Waals surface area contributed by atoms with Crippen LogP contribution in [0.5, 0.6) is 0 Å². The summed E-state index contributed by atoms with van der Waals surface area (Å²) in [6.45, 7) is 2.67. The number of carbonyl (C=O) groups is 2. The third-order valence-electron chi connectivity index (χ3n) is 7.16. The first-order valence-corrected chi connectivity index (χ1v) is 14.5. The molecule has 8 heteroatoms. The Bertz CT molecular complexity index is 1530. The molecule has 0 spiro atoms. The van der Waals surface area contributed by atoms with Gasteiger partial charge in [0, 0.05) is 37.3 Å². The highest BCUT2D eigenvalue weighted by atomic mass is 35.5. The summed E-state index contributed by atoms with van der Waals surface area (Å²) in [5.74, 6) is -0.486. The van der Waals surface area contributed by atoms with Gasteiger partial charge in [-0.1, -0.05) is 103 Å². The Hall–Kier alpha value is -4.30. The number of thiocarbonyl (C=S) groups is 1. The van der Waals surface area contributed by atoms with Crippen LogP contribution in [0.3, 0.4) is 0 Å². The SMILES string of the molecule is O=C(/C=C/c1ccccc1Cl)NC(=S)Nc1ccccc1C(=O)N1CCN(C(c2ccccc2)c2ccccc2)CC1. The van der Waals surface area contributed by atoms with Crippen LogP contribution in [0.2, 0.25) is 5.02 Å². The molecule has 2 amide bonds. The summed E-state index contributed by atoms with van der Waals surface area (Å²) in [6, 6.07) is 35.5. The number of piperazine rings is 1. The molecule has 1 aliphatic heterocycles. The number of nitrogens with one attached hydrogen (secondary N) is 2. The molecule has 5 rings (SSSR count). The molecule has 0 aliphatic carbocycles. The largest absolute Gasteiger partial charge is 0.336 e. The maximum atomic E-state index is 13.6. The fraction of sp³-hybridized carbons (Fsp3) is 0.147. The highest BCUT2D eigenvalue weighted by molar-refractivity contribution is 7.80. The minimum absolute atomic E-state index is 0.0820. The molecule has 1 heterocycles. The van der Waals surface area contributed by atoms with Gasteiger partial charge in [0.15, 0.2) is 5.11 Å². The van der Waals surface area contributed by atoms with E-state index in [4.69, 9.17) is 23.8 Å². The van der Waals surface area contributed by atoms with Crippen molar-refractivity contribution >= 4 is 52.5 Å². The summed E-state index contributed by atoms with van der Waals surface area (Å²) in [5, 5.41) is 6.30. The molecule has 1 aliphatic rings. The summed E-state index contributed by atoms with van der Waals surface area (Å²) >= 11 is 11.5. The minimum Gasteiger partial charge on any atom is -0.336 e. The number of hydrogen-bond donors (Lipinski definition) is 2. The van der Waals surface area contributed by atoms with Gasteiger partial charge >= 0.3 is 0 Å². The molecule has 2 N–H and O–H groups in total. The standard InChI is InChI=1S/C34H31ClN4O2S/c35-29-17-9-7-11-25(29)19-20-31(40)37-34(42)36-30-18-10-8-16-28(30)33(41)39-23-21-38(22-24-39)32(26-12-3-1-4-13-26)27-14-5-2-6-15-27/h1-20,32H,21-24H2,(H2,36,37,40,42)/b20-19+. The number of rotatable bonds is 7. The maximum Gasteiger partial charge on any atom is 0.256 e. The zero-order chi connectivity index (χ0) is 29.3. The van der Waals surface area contributed by atoms with Crippen molar-refractivity contribution < 1.29 is 9.59 Å². The second kappa shape index (κ2) is 14.0. The fourth-order valence-electron chi connectivity index (χ4n) is 5.10. The van der Waals surface area contributed by atoms with Gasteiger partial charge in [-0.15, -0.1) is 0 Å². The van der Waals surface area contributed by atoms with Crippen molar-refractivity contribution in [3.8, 4) is 0 Å². The Kier molecular flexibility index (Phi) is 9.77. The number of amides is 2. The molecule has 0 radical (unpaired) electrons. The van der Waals surface area contributed by atoms with Crippen LogP contribution < -0.4 is 10.6 Å². The minimum atomic E-state index is -0.404. The lowest BCUT2D eigenvalue weighted by Crippen LogP contribution is -2.50. The van der Waals surface area contributed by atoms with Gasteiger partial charge in [-0.2, -0.15) is 0 Å². The number of carbonyl (C=O) groups excluding carboxylic acids is 2. The second-order valence-electron chi connectivity index (χ2n) is 9.90. The Morgan fingerprint density at radius 1 is 0.762 bits per heavy atom. The predicted molar refractivity (Wildman–Crippen MR) is 173 cm³/mol. The third kappa shape index (κ3) is 7.31. The molecule has 212 valence electrons. The van der Waals surface area contributed by atoms with Gasteiger partial charge in [0.2, 0.25) is 5.91 Å². The van der Waals surface area contributed by atoms with E-state index >= 15 is 0 Å². The van der Waals surface area contributed by atoms with Crippen molar-refractivity contribution in [2.75, 3.05) is 31.5 Å². The average molecular weight is 595 g/mol. The maximum absolute atomic E-state index is 13.6. The van der Waals surface area contributed by atoms with Crippen LogP contribution in [0.4, 0.5) is 5.69 Å². The van der Waals surface area contributed by atoms with Gasteiger partial charge in [-0.25, -0.2) is 0 Å². The zero-order valence-corrected chi connectivity index (χ0v) is 24.5. The number of hydrogen-bond acceptors (Lipinski definition) is 4. The van der Waals surface area contributed by atoms with Crippen molar-refractivity contribution in [2.24, 2.45) is 0 Å². The van der Waals surface area contributed by atoms with E-state index in [0.29, 0.717) is 29.4 Å². The molecule has 0 unspecified atom stereocenters. The molecule has 1 saturated heterocycles. The molecule has 6 nitrogen and oxygen atoms in total. The van der Waals surface area contributed by atoms with Crippen LogP contribution in [0, 0.1) is 0 Å². The van der Waals surface area contributed by atoms with E-state index < -0.39 is 5.91 Å². The number of halogens is 1. The quantitative estimate of drug-likeness (QED) is 0.191. The summed E-state index contributed by atoms with van der Waals surface area (Å²) < 4.78 is 0. The van der Waals surface area contributed by atoms with Gasteiger partial charge in [0.25, 0.3) is 5.91 Å². The lowest BCUT2D eigenvalue weighted by Gasteiger charge is -2.40. The summed E-state index contributed by atoms with van der Waals surface area (Å²) in [7, 11) is 0. The zero-order valence-electron chi connectivity index (χ0n) is 22.9. The lowest BCUT2D eigenvalue weighted by molar-refractivity contribution is -0.115. The van der Waals surface area contributed by atoms with Gasteiger partial charge in [0.1, 0.15) is 0 Å². The van der Waals surface area contributed by atoms with Crippen LogP contribution in [-0.2, 0) is 4.79 Å². The molecular weight excluding hydrogens is 564 g/mol. The number of para-hydroxylation sites is 1. The normalized spacial score (nSPS) is 13.7. The van der Waals surface area contributed by atoms with Gasteiger partial charge < -0.3 is 10.2 Å². The summed E-state index contributed by atoms with van der Waals surface area (Å²) in [6.07, 6.45) is 2.99. The average Bonchev–Trinajstić information content (AvgIpc) is 3.02. The molecule has 42 heavy (non-hydrogen) atoms. The molecule has 0 aromatic heterocycles. The van der Waals surface area contributed by atoms with Gasteiger partial charge in [0.05, 0.1) is 17.3 Å². The van der Waals surface area contributed by atoms with Crippen molar-refractivity contribution in [1.82, 2.24) is 15.1 Å². The highest BCUT2D eigenvalue weighted by Crippen LogP contribution is 2.30. The summed E-state index contributed by atoms with van der Waals surface area (Å²) in [5.41, 5.74) is 4.22. The van der Waals surface area contributed by atoms with Gasteiger partial charge in [-0.05, 0) is 53.2 Å². The van der Waals surface area contributed by atoms with Crippen LogP contribution >= 0.6 is 23.8 Å². The summed E-state index contributed by atoms with van der Waals surface area (Å²) in [4.78, 5) is 30.4. The number of benzene rings is 4. The Morgan fingerprint density at radius 2 is 1.33 bits per heavy atom. The lowest BCUT2D eigenvalue weighted by atomic mass is 9.96. The van der Waals surface area contributed by atoms with E-state index in [9.17, 15) is 9.59 Å². The topological polar surface area (TPSA) is 64.7 Å². The fourth-order valence-corrected chi connectivity index (χ4v) is 5.51. The third-order valence-corrected chi connectivity index (χ3v) is 7.71.